The van der Waals surface area contributed by atoms with Crippen LogP contribution in [0.3, 0.4) is 0 Å². The van der Waals surface area contributed by atoms with Crippen molar-refractivity contribution in [1.29, 1.82) is 0 Å². The molecule has 10 heteroatoms. The Kier molecular flexibility index (Phi) is 7.77. The van der Waals surface area contributed by atoms with E-state index < -0.39 is 0 Å². The second kappa shape index (κ2) is 11.0. The zero-order valence-electron chi connectivity index (χ0n) is 20.1. The smallest absolute Gasteiger partial charge is 0.309 e. The minimum atomic E-state index is -0.252. The van der Waals surface area contributed by atoms with Gasteiger partial charge in [-0.15, -0.1) is 0 Å². The van der Waals surface area contributed by atoms with E-state index in [9.17, 15) is 9.59 Å². The fourth-order valence-electron chi connectivity index (χ4n) is 5.19. The van der Waals surface area contributed by atoms with Crippen LogP contribution in [0.5, 0.6) is 0 Å². The summed E-state index contributed by atoms with van der Waals surface area (Å²) in [6.07, 6.45) is 3.31. The molecular formula is C27H27Cl3N4O3. The highest BCUT2D eigenvalue weighted by Gasteiger charge is 2.33. The van der Waals surface area contributed by atoms with E-state index in [1.165, 1.54) is 0 Å². The Morgan fingerprint density at radius 1 is 0.892 bits per heavy atom. The van der Waals surface area contributed by atoms with E-state index >= 15 is 0 Å². The molecule has 0 saturated carbocycles. The molecule has 0 radical (unpaired) electrons. The first-order valence-corrected chi connectivity index (χ1v) is 13.5. The summed E-state index contributed by atoms with van der Waals surface area (Å²) in [7, 11) is 0. The Morgan fingerprint density at radius 3 is 2.16 bits per heavy atom. The zero-order valence-corrected chi connectivity index (χ0v) is 22.4. The van der Waals surface area contributed by atoms with Gasteiger partial charge in [0.05, 0.1) is 5.02 Å². The summed E-state index contributed by atoms with van der Waals surface area (Å²) in [6, 6.07) is 12.7. The second-order valence-electron chi connectivity index (χ2n) is 9.56. The van der Waals surface area contributed by atoms with Crippen LogP contribution >= 0.6 is 34.8 Å². The number of amides is 2. The van der Waals surface area contributed by atoms with E-state index in [1.54, 1.807) is 35.2 Å². The molecule has 1 aromatic heterocycles. The standard InChI is InChI=1S/C27H27Cl3N4O3/c28-18-3-1-16(2-4-18)24-23(21-6-5-19(29)15-22(21)30)32-26(37-24)27(36)34-13-9-20(10-14-34)33-11-7-17(8-12-33)25(31)35/h1-6,15,17,20H,7-14H2,(H2,31,35). The number of oxazole rings is 1. The summed E-state index contributed by atoms with van der Waals surface area (Å²) in [4.78, 5) is 33.7. The molecule has 37 heavy (non-hydrogen) atoms. The first kappa shape index (κ1) is 26.0. The van der Waals surface area contributed by atoms with Crippen molar-refractivity contribution in [2.75, 3.05) is 26.2 Å². The third-order valence-electron chi connectivity index (χ3n) is 7.30. The van der Waals surface area contributed by atoms with Gasteiger partial charge in [-0.2, -0.15) is 0 Å². The first-order chi connectivity index (χ1) is 17.8. The molecule has 2 aliphatic heterocycles. The van der Waals surface area contributed by atoms with Crippen LogP contribution in [-0.4, -0.2) is 58.8 Å². The van der Waals surface area contributed by atoms with Gasteiger partial charge in [0.2, 0.25) is 5.91 Å². The number of hydrogen-bond donors (Lipinski definition) is 1. The number of rotatable bonds is 5. The van der Waals surface area contributed by atoms with Gasteiger partial charge in [0.1, 0.15) is 5.69 Å². The molecule has 2 amide bonds. The van der Waals surface area contributed by atoms with Crippen LogP contribution in [0.15, 0.2) is 46.9 Å². The fraction of sp³-hybridized carbons (Fsp3) is 0.370. The van der Waals surface area contributed by atoms with Crippen molar-refractivity contribution in [2.24, 2.45) is 11.7 Å². The van der Waals surface area contributed by atoms with Crippen molar-refractivity contribution in [3.05, 3.63) is 63.4 Å². The van der Waals surface area contributed by atoms with Crippen LogP contribution in [0.4, 0.5) is 0 Å². The van der Waals surface area contributed by atoms with Crippen LogP contribution in [-0.2, 0) is 4.79 Å². The minimum Gasteiger partial charge on any atom is -0.432 e. The summed E-state index contributed by atoms with van der Waals surface area (Å²) >= 11 is 18.7. The van der Waals surface area contributed by atoms with Gasteiger partial charge in [-0.05, 0) is 81.2 Å². The van der Waals surface area contributed by atoms with Crippen LogP contribution in [0.2, 0.25) is 15.1 Å². The van der Waals surface area contributed by atoms with Crippen molar-refractivity contribution < 1.29 is 14.0 Å². The lowest BCUT2D eigenvalue weighted by Crippen LogP contribution is -2.50. The molecule has 0 unspecified atom stereocenters. The molecule has 2 aliphatic rings. The lowest BCUT2D eigenvalue weighted by molar-refractivity contribution is -0.123. The maximum Gasteiger partial charge on any atom is 0.309 e. The van der Waals surface area contributed by atoms with E-state index in [1.807, 2.05) is 12.1 Å². The van der Waals surface area contributed by atoms with Gasteiger partial charge in [-0.3, -0.25) is 9.59 Å². The largest absolute Gasteiger partial charge is 0.432 e. The highest BCUT2D eigenvalue weighted by Crippen LogP contribution is 2.38. The quantitative estimate of drug-likeness (QED) is 0.427. The van der Waals surface area contributed by atoms with Crippen molar-refractivity contribution in [1.82, 2.24) is 14.8 Å². The summed E-state index contributed by atoms with van der Waals surface area (Å²) in [5.41, 5.74) is 7.30. The lowest BCUT2D eigenvalue weighted by atomic mass is 9.93. The first-order valence-electron chi connectivity index (χ1n) is 12.3. The van der Waals surface area contributed by atoms with Crippen LogP contribution in [0.1, 0.15) is 36.4 Å². The molecule has 3 heterocycles. The summed E-state index contributed by atoms with van der Waals surface area (Å²) in [6.45, 7) is 2.94. The third kappa shape index (κ3) is 5.65. The van der Waals surface area contributed by atoms with Gasteiger partial charge in [0.25, 0.3) is 5.89 Å². The van der Waals surface area contributed by atoms with Crippen molar-refractivity contribution in [2.45, 2.75) is 31.7 Å². The Balaban J connectivity index is 1.34. The number of nitrogens with two attached hydrogens (primary N) is 1. The maximum absolute atomic E-state index is 13.5. The third-order valence-corrected chi connectivity index (χ3v) is 8.10. The molecule has 2 fully saturated rings. The second-order valence-corrected chi connectivity index (χ2v) is 10.8. The minimum absolute atomic E-state index is 0.0201. The summed E-state index contributed by atoms with van der Waals surface area (Å²) in [5.74, 6) is -0.0232. The number of carbonyl (C=O) groups is 2. The van der Waals surface area contributed by atoms with Crippen LogP contribution in [0, 0.1) is 5.92 Å². The van der Waals surface area contributed by atoms with Gasteiger partial charge < -0.3 is 20.0 Å². The van der Waals surface area contributed by atoms with E-state index in [2.05, 4.69) is 9.88 Å². The predicted molar refractivity (Wildman–Crippen MR) is 145 cm³/mol. The number of likely N-dealkylation sites (tertiary alicyclic amines) is 2. The van der Waals surface area contributed by atoms with E-state index in [0.717, 1.165) is 44.3 Å². The van der Waals surface area contributed by atoms with Gasteiger partial charge in [-0.1, -0.05) is 34.8 Å². The monoisotopic (exact) mass is 560 g/mol. The fourth-order valence-corrected chi connectivity index (χ4v) is 5.82. The van der Waals surface area contributed by atoms with E-state index in [0.29, 0.717) is 51.2 Å². The molecule has 0 bridgehead atoms. The number of nitrogens with zero attached hydrogens (tertiary/aromatic N) is 3. The number of benzene rings is 2. The number of primary amides is 1. The molecule has 0 spiro atoms. The lowest BCUT2D eigenvalue weighted by Gasteiger charge is -2.41. The molecule has 194 valence electrons. The average Bonchev–Trinajstić information content (AvgIpc) is 3.34. The Morgan fingerprint density at radius 2 is 1.54 bits per heavy atom. The van der Waals surface area contributed by atoms with Gasteiger partial charge >= 0.3 is 5.91 Å². The summed E-state index contributed by atoms with van der Waals surface area (Å²) in [5, 5.41) is 1.51. The molecule has 2 aromatic carbocycles. The van der Waals surface area contributed by atoms with Gasteiger partial charge in [0, 0.05) is 46.2 Å². The number of aromatic nitrogens is 1. The molecule has 2 N–H and O–H groups in total. The van der Waals surface area contributed by atoms with Gasteiger partial charge in [-0.25, -0.2) is 4.98 Å². The molecule has 0 atom stereocenters. The molecule has 2 saturated heterocycles. The van der Waals surface area contributed by atoms with Crippen molar-refractivity contribution >= 4 is 46.6 Å². The Labute approximate surface area is 230 Å². The molecule has 5 rings (SSSR count). The highest BCUT2D eigenvalue weighted by molar-refractivity contribution is 6.36. The number of hydrogen-bond acceptors (Lipinski definition) is 5. The molecule has 7 nitrogen and oxygen atoms in total. The van der Waals surface area contributed by atoms with Crippen LogP contribution in [0.25, 0.3) is 22.6 Å². The Bertz CT molecular complexity index is 1290. The zero-order chi connectivity index (χ0) is 26.1. The molecular weight excluding hydrogens is 535 g/mol. The number of carbonyl (C=O) groups excluding carboxylic acids is 2. The molecule has 3 aromatic rings. The highest BCUT2D eigenvalue weighted by atomic mass is 35.5. The van der Waals surface area contributed by atoms with Crippen molar-refractivity contribution in [3.8, 4) is 22.6 Å². The van der Waals surface area contributed by atoms with Crippen molar-refractivity contribution in [3.63, 3.8) is 0 Å². The molecule has 0 aliphatic carbocycles. The Hall–Kier alpha value is -2.58. The topological polar surface area (TPSA) is 92.7 Å². The number of piperidine rings is 2. The summed E-state index contributed by atoms with van der Waals surface area (Å²) < 4.78 is 6.08. The normalized spacial score (nSPS) is 17.8. The SMILES string of the molecule is NC(=O)C1CCN(C2CCN(C(=O)c3nc(-c4ccc(Cl)cc4Cl)c(-c4ccc(Cl)cc4)o3)CC2)CC1. The van der Waals surface area contributed by atoms with Crippen LogP contribution < -0.4 is 5.73 Å². The maximum atomic E-state index is 13.5. The predicted octanol–water partition coefficient (Wildman–Crippen LogP) is 5.77. The van der Waals surface area contributed by atoms with E-state index in [-0.39, 0.29) is 23.6 Å². The number of halogens is 3. The van der Waals surface area contributed by atoms with E-state index in [4.69, 9.17) is 45.0 Å². The van der Waals surface area contributed by atoms with Gasteiger partial charge in [0.15, 0.2) is 5.76 Å². The average molecular weight is 562 g/mol.